The van der Waals surface area contributed by atoms with E-state index in [4.69, 9.17) is 5.73 Å². The third-order valence-corrected chi connectivity index (χ3v) is 3.47. The summed E-state index contributed by atoms with van der Waals surface area (Å²) in [7, 11) is 1.96. The molecule has 0 saturated heterocycles. The molecule has 0 bridgehead atoms. The van der Waals surface area contributed by atoms with Crippen molar-refractivity contribution in [3.8, 4) is 0 Å². The third-order valence-electron chi connectivity index (χ3n) is 3.47. The summed E-state index contributed by atoms with van der Waals surface area (Å²) in [5.41, 5.74) is 5.89. The smallest absolute Gasteiger partial charge is 0.224 e. The number of imidazole rings is 1. The lowest BCUT2D eigenvalue weighted by Crippen LogP contribution is -2.39. The molecule has 2 atom stereocenters. The first-order valence-electron chi connectivity index (χ1n) is 6.18. The molecule has 1 aliphatic rings. The van der Waals surface area contributed by atoms with E-state index in [0.717, 1.165) is 31.5 Å². The molecule has 17 heavy (non-hydrogen) atoms. The average molecular weight is 236 g/mol. The molecule has 0 aliphatic heterocycles. The maximum absolute atomic E-state index is 11.9. The SMILES string of the molecule is Cn1ccnc1CCNC(=O)C1CCCC1N. The van der Waals surface area contributed by atoms with E-state index in [1.54, 1.807) is 6.20 Å². The van der Waals surface area contributed by atoms with Crippen molar-refractivity contribution in [2.75, 3.05) is 6.54 Å². The van der Waals surface area contributed by atoms with Crippen LogP contribution < -0.4 is 11.1 Å². The number of rotatable bonds is 4. The van der Waals surface area contributed by atoms with Crippen LogP contribution in [0.2, 0.25) is 0 Å². The van der Waals surface area contributed by atoms with Crippen molar-refractivity contribution in [3.63, 3.8) is 0 Å². The summed E-state index contributed by atoms with van der Waals surface area (Å²) in [5, 5.41) is 2.95. The summed E-state index contributed by atoms with van der Waals surface area (Å²) in [6.45, 7) is 0.632. The molecule has 1 saturated carbocycles. The molecule has 1 fully saturated rings. The lowest BCUT2D eigenvalue weighted by atomic mass is 10.0. The second-order valence-electron chi connectivity index (χ2n) is 4.70. The third kappa shape index (κ3) is 2.85. The highest BCUT2D eigenvalue weighted by atomic mass is 16.1. The van der Waals surface area contributed by atoms with Gasteiger partial charge in [0, 0.05) is 38.4 Å². The van der Waals surface area contributed by atoms with Crippen molar-refractivity contribution in [1.29, 1.82) is 0 Å². The molecule has 0 aromatic carbocycles. The Morgan fingerprint density at radius 2 is 2.47 bits per heavy atom. The first-order chi connectivity index (χ1) is 8.18. The maximum atomic E-state index is 11.9. The Morgan fingerprint density at radius 3 is 3.06 bits per heavy atom. The van der Waals surface area contributed by atoms with E-state index in [2.05, 4.69) is 10.3 Å². The number of carbonyl (C=O) groups is 1. The molecule has 5 nitrogen and oxygen atoms in total. The van der Waals surface area contributed by atoms with Gasteiger partial charge in [0.25, 0.3) is 0 Å². The number of nitrogens with zero attached hydrogens (tertiary/aromatic N) is 2. The zero-order chi connectivity index (χ0) is 12.3. The van der Waals surface area contributed by atoms with Crippen molar-refractivity contribution in [2.24, 2.45) is 18.7 Å². The highest BCUT2D eigenvalue weighted by molar-refractivity contribution is 5.79. The number of nitrogens with one attached hydrogen (secondary N) is 1. The minimum Gasteiger partial charge on any atom is -0.355 e. The van der Waals surface area contributed by atoms with E-state index in [1.165, 1.54) is 0 Å². The highest BCUT2D eigenvalue weighted by Gasteiger charge is 2.29. The lowest BCUT2D eigenvalue weighted by molar-refractivity contribution is -0.125. The minimum absolute atomic E-state index is 0.0105. The van der Waals surface area contributed by atoms with Crippen LogP contribution in [0.5, 0.6) is 0 Å². The summed E-state index contributed by atoms with van der Waals surface area (Å²) >= 11 is 0. The summed E-state index contributed by atoms with van der Waals surface area (Å²) in [6.07, 6.45) is 7.40. The summed E-state index contributed by atoms with van der Waals surface area (Å²) in [5.74, 6) is 1.10. The fourth-order valence-corrected chi connectivity index (χ4v) is 2.38. The lowest BCUT2D eigenvalue weighted by Gasteiger charge is -2.14. The first-order valence-corrected chi connectivity index (χ1v) is 6.18. The van der Waals surface area contributed by atoms with E-state index in [1.807, 2.05) is 17.8 Å². The number of carbonyl (C=O) groups excluding carboxylic acids is 1. The zero-order valence-corrected chi connectivity index (χ0v) is 10.2. The molecule has 1 aromatic rings. The number of aryl methyl sites for hydroxylation is 1. The monoisotopic (exact) mass is 236 g/mol. The van der Waals surface area contributed by atoms with Gasteiger partial charge in [-0.3, -0.25) is 4.79 Å². The second-order valence-corrected chi connectivity index (χ2v) is 4.70. The van der Waals surface area contributed by atoms with Crippen LogP contribution in [-0.2, 0) is 18.3 Å². The van der Waals surface area contributed by atoms with Crippen LogP contribution in [0.1, 0.15) is 25.1 Å². The number of hydrogen-bond donors (Lipinski definition) is 2. The summed E-state index contributed by atoms with van der Waals surface area (Å²) in [6, 6.07) is 0.0446. The van der Waals surface area contributed by atoms with Crippen LogP contribution in [0.25, 0.3) is 0 Å². The van der Waals surface area contributed by atoms with Gasteiger partial charge in [-0.15, -0.1) is 0 Å². The quantitative estimate of drug-likeness (QED) is 0.784. The van der Waals surface area contributed by atoms with Gasteiger partial charge < -0.3 is 15.6 Å². The predicted octanol–water partition coefficient (Wildman–Crippen LogP) is 0.206. The normalized spacial score (nSPS) is 23.9. The number of amides is 1. The van der Waals surface area contributed by atoms with Crippen LogP contribution >= 0.6 is 0 Å². The van der Waals surface area contributed by atoms with Gasteiger partial charge in [0.15, 0.2) is 0 Å². The molecule has 1 aromatic heterocycles. The summed E-state index contributed by atoms with van der Waals surface area (Å²) < 4.78 is 1.97. The Bertz CT molecular complexity index is 388. The standard InChI is InChI=1S/C12H20N4O/c1-16-8-7-14-11(16)5-6-15-12(17)9-3-2-4-10(9)13/h7-10H,2-6,13H2,1H3,(H,15,17). The molecule has 1 heterocycles. The van der Waals surface area contributed by atoms with E-state index in [9.17, 15) is 4.79 Å². The minimum atomic E-state index is 0.0105. The van der Waals surface area contributed by atoms with Crippen LogP contribution in [0.3, 0.4) is 0 Å². The molecule has 0 radical (unpaired) electrons. The first kappa shape index (κ1) is 12.1. The van der Waals surface area contributed by atoms with Gasteiger partial charge in [0.05, 0.1) is 5.92 Å². The highest BCUT2D eigenvalue weighted by Crippen LogP contribution is 2.23. The Hall–Kier alpha value is -1.36. The van der Waals surface area contributed by atoms with Gasteiger partial charge in [0.1, 0.15) is 5.82 Å². The Kier molecular flexibility index (Phi) is 3.78. The van der Waals surface area contributed by atoms with Gasteiger partial charge in [-0.1, -0.05) is 6.42 Å². The number of nitrogens with two attached hydrogens (primary N) is 1. The van der Waals surface area contributed by atoms with Crippen LogP contribution in [0, 0.1) is 5.92 Å². The predicted molar refractivity (Wildman–Crippen MR) is 65.2 cm³/mol. The van der Waals surface area contributed by atoms with Crippen LogP contribution in [0.4, 0.5) is 0 Å². The van der Waals surface area contributed by atoms with Crippen LogP contribution in [-0.4, -0.2) is 28.0 Å². The van der Waals surface area contributed by atoms with Crippen molar-refractivity contribution < 1.29 is 4.79 Å². The fourth-order valence-electron chi connectivity index (χ4n) is 2.38. The molecule has 1 aliphatic carbocycles. The second kappa shape index (κ2) is 5.31. The van der Waals surface area contributed by atoms with Gasteiger partial charge in [-0.25, -0.2) is 4.98 Å². The average Bonchev–Trinajstić information content (AvgIpc) is 2.88. The van der Waals surface area contributed by atoms with Gasteiger partial charge in [-0.05, 0) is 12.8 Å². The molecule has 5 heteroatoms. The summed E-state index contributed by atoms with van der Waals surface area (Å²) in [4.78, 5) is 16.1. The van der Waals surface area contributed by atoms with Crippen LogP contribution in [0.15, 0.2) is 12.4 Å². The molecule has 94 valence electrons. The van der Waals surface area contributed by atoms with Crippen molar-refractivity contribution >= 4 is 5.91 Å². The Morgan fingerprint density at radius 1 is 1.65 bits per heavy atom. The maximum Gasteiger partial charge on any atom is 0.224 e. The molecule has 0 spiro atoms. The fraction of sp³-hybridized carbons (Fsp3) is 0.667. The Labute approximate surface area is 101 Å². The molecule has 1 amide bonds. The van der Waals surface area contributed by atoms with E-state index in [0.29, 0.717) is 6.54 Å². The number of hydrogen-bond acceptors (Lipinski definition) is 3. The van der Waals surface area contributed by atoms with Crippen molar-refractivity contribution in [3.05, 3.63) is 18.2 Å². The van der Waals surface area contributed by atoms with E-state index < -0.39 is 0 Å². The molecule has 3 N–H and O–H groups in total. The van der Waals surface area contributed by atoms with Crippen molar-refractivity contribution in [1.82, 2.24) is 14.9 Å². The van der Waals surface area contributed by atoms with Gasteiger partial charge in [-0.2, -0.15) is 0 Å². The molecule has 2 rings (SSSR count). The molecular weight excluding hydrogens is 216 g/mol. The Balaban J connectivity index is 1.75. The molecular formula is C12H20N4O. The number of aromatic nitrogens is 2. The molecule has 2 unspecified atom stereocenters. The van der Waals surface area contributed by atoms with Gasteiger partial charge in [0.2, 0.25) is 5.91 Å². The van der Waals surface area contributed by atoms with Gasteiger partial charge >= 0.3 is 0 Å². The topological polar surface area (TPSA) is 72.9 Å². The zero-order valence-electron chi connectivity index (χ0n) is 10.2. The van der Waals surface area contributed by atoms with Crippen molar-refractivity contribution in [2.45, 2.75) is 31.7 Å². The van der Waals surface area contributed by atoms with E-state index in [-0.39, 0.29) is 17.9 Å². The van der Waals surface area contributed by atoms with E-state index >= 15 is 0 Å². The largest absolute Gasteiger partial charge is 0.355 e.